The van der Waals surface area contributed by atoms with E-state index in [2.05, 4.69) is 18.3 Å². The molecule has 112 valence electrons. The fraction of sp³-hybridized carbons (Fsp3) is 0.625. The molecule has 1 fully saturated rings. The van der Waals surface area contributed by atoms with Gasteiger partial charge in [0, 0.05) is 6.54 Å². The molecule has 1 aromatic rings. The molecule has 1 N–H and O–H groups in total. The van der Waals surface area contributed by atoms with Gasteiger partial charge in [0.2, 0.25) is 0 Å². The Hall–Kier alpha value is -1.26. The van der Waals surface area contributed by atoms with E-state index in [4.69, 9.17) is 14.2 Å². The highest BCUT2D eigenvalue weighted by molar-refractivity contribution is 5.43. The number of rotatable bonds is 7. The highest BCUT2D eigenvalue weighted by atomic mass is 16.6. The maximum atomic E-state index is 5.88. The monoisotopic (exact) mass is 279 g/mol. The summed E-state index contributed by atoms with van der Waals surface area (Å²) in [6.07, 6.45) is 2.75. The van der Waals surface area contributed by atoms with Crippen LogP contribution in [0, 0.1) is 0 Å². The van der Waals surface area contributed by atoms with E-state index < -0.39 is 0 Å². The van der Waals surface area contributed by atoms with E-state index in [0.717, 1.165) is 30.9 Å². The molecule has 4 nitrogen and oxygen atoms in total. The van der Waals surface area contributed by atoms with E-state index in [-0.39, 0.29) is 6.10 Å². The SMILES string of the molecule is CCOc1cc(CNC)ccc1OCC1CCC(C)O1. The van der Waals surface area contributed by atoms with E-state index >= 15 is 0 Å². The molecule has 0 spiro atoms. The summed E-state index contributed by atoms with van der Waals surface area (Å²) in [7, 11) is 1.93. The molecule has 2 rings (SSSR count). The molecule has 0 aromatic heterocycles. The molecule has 0 amide bonds. The first-order chi connectivity index (χ1) is 9.72. The van der Waals surface area contributed by atoms with Crippen molar-refractivity contribution in [2.75, 3.05) is 20.3 Å². The van der Waals surface area contributed by atoms with Crippen LogP contribution in [0.1, 0.15) is 32.3 Å². The second-order valence-corrected chi connectivity index (χ2v) is 5.20. The summed E-state index contributed by atoms with van der Waals surface area (Å²) in [4.78, 5) is 0. The van der Waals surface area contributed by atoms with Crippen molar-refractivity contribution in [2.24, 2.45) is 0 Å². The van der Waals surface area contributed by atoms with Crippen molar-refractivity contribution in [1.82, 2.24) is 5.32 Å². The van der Waals surface area contributed by atoms with Crippen LogP contribution in [0.4, 0.5) is 0 Å². The average molecular weight is 279 g/mol. The second kappa shape index (κ2) is 7.50. The Morgan fingerprint density at radius 3 is 2.75 bits per heavy atom. The third kappa shape index (κ3) is 4.12. The Balaban J connectivity index is 1.98. The molecule has 2 unspecified atom stereocenters. The summed E-state index contributed by atoms with van der Waals surface area (Å²) < 4.78 is 17.3. The van der Waals surface area contributed by atoms with Gasteiger partial charge in [0.1, 0.15) is 6.61 Å². The Labute approximate surface area is 121 Å². The highest BCUT2D eigenvalue weighted by Crippen LogP contribution is 2.29. The largest absolute Gasteiger partial charge is 0.490 e. The molecular formula is C16H25NO3. The van der Waals surface area contributed by atoms with Crippen LogP contribution in [0.5, 0.6) is 11.5 Å². The molecule has 20 heavy (non-hydrogen) atoms. The molecule has 1 aliphatic heterocycles. The predicted octanol–water partition coefficient (Wildman–Crippen LogP) is 2.75. The molecule has 4 heteroatoms. The van der Waals surface area contributed by atoms with Gasteiger partial charge in [-0.3, -0.25) is 0 Å². The van der Waals surface area contributed by atoms with Crippen molar-refractivity contribution in [1.29, 1.82) is 0 Å². The first-order valence-corrected chi connectivity index (χ1v) is 7.41. The van der Waals surface area contributed by atoms with Crippen LogP contribution in [-0.4, -0.2) is 32.5 Å². The van der Waals surface area contributed by atoms with Gasteiger partial charge < -0.3 is 19.5 Å². The van der Waals surface area contributed by atoms with Crippen LogP contribution in [-0.2, 0) is 11.3 Å². The van der Waals surface area contributed by atoms with E-state index in [1.807, 2.05) is 26.1 Å². The van der Waals surface area contributed by atoms with E-state index in [1.165, 1.54) is 5.56 Å². The lowest BCUT2D eigenvalue weighted by Crippen LogP contribution is -2.18. The van der Waals surface area contributed by atoms with Crippen molar-refractivity contribution < 1.29 is 14.2 Å². The Morgan fingerprint density at radius 1 is 1.25 bits per heavy atom. The quantitative estimate of drug-likeness (QED) is 0.833. The van der Waals surface area contributed by atoms with Crippen LogP contribution >= 0.6 is 0 Å². The van der Waals surface area contributed by atoms with E-state index in [9.17, 15) is 0 Å². The van der Waals surface area contributed by atoms with Crippen molar-refractivity contribution >= 4 is 0 Å². The summed E-state index contributed by atoms with van der Waals surface area (Å²) in [5.74, 6) is 1.61. The standard InChI is InChI=1S/C16H25NO3/c1-4-18-16-9-13(10-17-3)6-8-15(16)19-11-14-7-5-12(2)20-14/h6,8-9,12,14,17H,4-5,7,10-11H2,1-3H3. The van der Waals surface area contributed by atoms with Crippen molar-refractivity contribution in [3.63, 3.8) is 0 Å². The third-order valence-corrected chi connectivity index (χ3v) is 3.43. The van der Waals surface area contributed by atoms with Gasteiger partial charge in [-0.25, -0.2) is 0 Å². The van der Waals surface area contributed by atoms with Gasteiger partial charge in [-0.05, 0) is 51.4 Å². The number of hydrogen-bond donors (Lipinski definition) is 1. The first-order valence-electron chi connectivity index (χ1n) is 7.41. The highest BCUT2D eigenvalue weighted by Gasteiger charge is 2.22. The summed E-state index contributed by atoms with van der Waals surface area (Å²) >= 11 is 0. The molecule has 1 saturated heterocycles. The third-order valence-electron chi connectivity index (χ3n) is 3.43. The molecule has 1 aromatic carbocycles. The number of benzene rings is 1. The topological polar surface area (TPSA) is 39.7 Å². The van der Waals surface area contributed by atoms with Gasteiger partial charge in [0.05, 0.1) is 18.8 Å². The van der Waals surface area contributed by atoms with Gasteiger partial charge in [-0.2, -0.15) is 0 Å². The lowest BCUT2D eigenvalue weighted by molar-refractivity contribution is 0.0258. The van der Waals surface area contributed by atoms with Crippen LogP contribution in [0.15, 0.2) is 18.2 Å². The van der Waals surface area contributed by atoms with Crippen LogP contribution in [0.3, 0.4) is 0 Å². The minimum absolute atomic E-state index is 0.205. The van der Waals surface area contributed by atoms with E-state index in [1.54, 1.807) is 0 Å². The molecule has 0 aliphatic carbocycles. The van der Waals surface area contributed by atoms with Gasteiger partial charge in [-0.1, -0.05) is 6.07 Å². The van der Waals surface area contributed by atoms with Crippen LogP contribution in [0.25, 0.3) is 0 Å². The average Bonchev–Trinajstić information content (AvgIpc) is 2.84. The Morgan fingerprint density at radius 2 is 2.10 bits per heavy atom. The molecule has 0 radical (unpaired) electrons. The number of hydrogen-bond acceptors (Lipinski definition) is 4. The fourth-order valence-corrected chi connectivity index (χ4v) is 2.44. The molecule has 0 bridgehead atoms. The van der Waals surface area contributed by atoms with Crippen LogP contribution in [0.2, 0.25) is 0 Å². The predicted molar refractivity (Wildman–Crippen MR) is 79.4 cm³/mol. The number of ether oxygens (including phenoxy) is 3. The zero-order valence-electron chi connectivity index (χ0n) is 12.6. The molecule has 0 saturated carbocycles. The summed E-state index contributed by atoms with van der Waals surface area (Å²) in [5.41, 5.74) is 1.19. The normalized spacial score (nSPS) is 21.9. The number of nitrogens with one attached hydrogen (secondary N) is 1. The molecular weight excluding hydrogens is 254 g/mol. The minimum Gasteiger partial charge on any atom is -0.490 e. The first kappa shape index (κ1) is 15.1. The summed E-state index contributed by atoms with van der Waals surface area (Å²) in [6.45, 7) is 6.14. The zero-order chi connectivity index (χ0) is 14.4. The minimum atomic E-state index is 0.205. The zero-order valence-corrected chi connectivity index (χ0v) is 12.6. The van der Waals surface area contributed by atoms with Crippen molar-refractivity contribution in [3.05, 3.63) is 23.8 Å². The molecule has 2 atom stereocenters. The van der Waals surface area contributed by atoms with E-state index in [0.29, 0.717) is 19.3 Å². The van der Waals surface area contributed by atoms with Gasteiger partial charge >= 0.3 is 0 Å². The maximum Gasteiger partial charge on any atom is 0.161 e. The maximum absolute atomic E-state index is 5.88. The summed E-state index contributed by atoms with van der Waals surface area (Å²) in [5, 5.41) is 3.14. The van der Waals surface area contributed by atoms with Crippen LogP contribution < -0.4 is 14.8 Å². The smallest absolute Gasteiger partial charge is 0.161 e. The Bertz CT molecular complexity index is 422. The molecule has 1 aliphatic rings. The van der Waals surface area contributed by atoms with Gasteiger partial charge in [0.15, 0.2) is 11.5 Å². The fourth-order valence-electron chi connectivity index (χ4n) is 2.44. The van der Waals surface area contributed by atoms with Gasteiger partial charge in [0.25, 0.3) is 0 Å². The lowest BCUT2D eigenvalue weighted by atomic mass is 10.2. The van der Waals surface area contributed by atoms with Gasteiger partial charge in [-0.15, -0.1) is 0 Å². The lowest BCUT2D eigenvalue weighted by Gasteiger charge is -2.16. The van der Waals surface area contributed by atoms with Crippen molar-refractivity contribution in [2.45, 2.75) is 45.4 Å². The summed E-state index contributed by atoms with van der Waals surface area (Å²) in [6, 6.07) is 6.08. The van der Waals surface area contributed by atoms with Crippen molar-refractivity contribution in [3.8, 4) is 11.5 Å². The Kier molecular flexibility index (Phi) is 5.68. The molecule has 1 heterocycles. The second-order valence-electron chi connectivity index (χ2n) is 5.20.